The molecule has 1 aliphatic rings. The molecule has 168 valence electrons. The van der Waals surface area contributed by atoms with Gasteiger partial charge in [-0.2, -0.15) is 0 Å². The second kappa shape index (κ2) is 10.7. The first-order valence-corrected chi connectivity index (χ1v) is 11.7. The molecule has 4 rings (SSSR count). The molecule has 1 fully saturated rings. The summed E-state index contributed by atoms with van der Waals surface area (Å²) in [6, 6.07) is 22.0. The summed E-state index contributed by atoms with van der Waals surface area (Å²) >= 11 is 12.7. The number of thiocarbonyl (C=S) groups is 1. The third-order valence-electron chi connectivity index (χ3n) is 4.72. The van der Waals surface area contributed by atoms with Gasteiger partial charge in [0.25, 0.3) is 5.91 Å². The number of rotatable bonds is 8. The van der Waals surface area contributed by atoms with Crippen LogP contribution in [-0.4, -0.2) is 30.6 Å². The lowest BCUT2D eigenvalue weighted by Crippen LogP contribution is -2.27. The van der Waals surface area contributed by atoms with Gasteiger partial charge < -0.3 is 14.2 Å². The van der Waals surface area contributed by atoms with Crippen LogP contribution < -0.4 is 19.1 Å². The Bertz CT molecular complexity index is 1180. The van der Waals surface area contributed by atoms with Crippen LogP contribution in [0.2, 0.25) is 5.02 Å². The summed E-state index contributed by atoms with van der Waals surface area (Å²) in [6.07, 6.45) is 1.82. The molecule has 3 aromatic rings. The van der Waals surface area contributed by atoms with Gasteiger partial charge >= 0.3 is 0 Å². The number of ether oxygens (including phenoxy) is 3. The van der Waals surface area contributed by atoms with Gasteiger partial charge in [0.05, 0.1) is 17.7 Å². The van der Waals surface area contributed by atoms with Gasteiger partial charge in [-0.15, -0.1) is 0 Å². The van der Waals surface area contributed by atoms with Crippen molar-refractivity contribution in [2.45, 2.75) is 0 Å². The van der Waals surface area contributed by atoms with Crippen molar-refractivity contribution >= 4 is 57.6 Å². The molecule has 5 nitrogen and oxygen atoms in total. The Balaban J connectivity index is 1.32. The SMILES string of the molecule is COc1ccc(OCCOc2ccc(C=C3SC(=S)N(c4cccc(Cl)c4)C3=O)cc2)cc1. The molecule has 0 bridgehead atoms. The number of carbonyl (C=O) groups is 1. The first-order chi connectivity index (χ1) is 16.0. The maximum Gasteiger partial charge on any atom is 0.270 e. The van der Waals surface area contributed by atoms with Crippen molar-refractivity contribution in [2.75, 3.05) is 25.2 Å². The fourth-order valence-corrected chi connectivity index (χ4v) is 4.59. The predicted molar refractivity (Wildman–Crippen MR) is 138 cm³/mol. The van der Waals surface area contributed by atoms with Gasteiger partial charge in [0, 0.05) is 5.02 Å². The quantitative estimate of drug-likeness (QED) is 0.209. The largest absolute Gasteiger partial charge is 0.497 e. The number of anilines is 1. The Morgan fingerprint density at radius 1 is 0.939 bits per heavy atom. The fraction of sp³-hybridized carbons (Fsp3) is 0.120. The molecule has 0 unspecified atom stereocenters. The molecular formula is C25H20ClNO4S2. The lowest BCUT2D eigenvalue weighted by Gasteiger charge is -2.14. The van der Waals surface area contributed by atoms with Crippen LogP contribution >= 0.6 is 35.6 Å². The molecule has 8 heteroatoms. The van der Waals surface area contributed by atoms with Crippen molar-refractivity contribution in [2.24, 2.45) is 0 Å². The molecule has 0 spiro atoms. The average molecular weight is 498 g/mol. The van der Waals surface area contributed by atoms with E-state index in [-0.39, 0.29) is 5.91 Å². The maximum absolute atomic E-state index is 12.9. The Labute approximate surface area is 206 Å². The monoisotopic (exact) mass is 497 g/mol. The molecule has 33 heavy (non-hydrogen) atoms. The topological polar surface area (TPSA) is 48.0 Å². The minimum absolute atomic E-state index is 0.164. The summed E-state index contributed by atoms with van der Waals surface area (Å²) < 4.78 is 17.0. The van der Waals surface area contributed by atoms with Crippen molar-refractivity contribution in [3.8, 4) is 17.2 Å². The lowest BCUT2D eigenvalue weighted by molar-refractivity contribution is -0.113. The zero-order valence-corrected chi connectivity index (χ0v) is 20.1. The number of carbonyl (C=O) groups excluding carboxylic acids is 1. The van der Waals surface area contributed by atoms with Gasteiger partial charge in [-0.3, -0.25) is 9.69 Å². The molecule has 0 radical (unpaired) electrons. The summed E-state index contributed by atoms with van der Waals surface area (Å²) in [4.78, 5) is 14.9. The molecule has 0 aliphatic carbocycles. The van der Waals surface area contributed by atoms with E-state index in [0.29, 0.717) is 33.1 Å². The highest BCUT2D eigenvalue weighted by atomic mass is 35.5. The van der Waals surface area contributed by atoms with Gasteiger partial charge in [-0.05, 0) is 66.2 Å². The highest BCUT2D eigenvalue weighted by Gasteiger charge is 2.33. The normalized spacial score (nSPS) is 14.6. The van der Waals surface area contributed by atoms with Crippen LogP contribution in [-0.2, 0) is 4.79 Å². The highest BCUT2D eigenvalue weighted by Crippen LogP contribution is 2.36. The van der Waals surface area contributed by atoms with Crippen LogP contribution in [0, 0.1) is 0 Å². The minimum Gasteiger partial charge on any atom is -0.497 e. The number of amides is 1. The van der Waals surface area contributed by atoms with Crippen molar-refractivity contribution in [3.05, 3.63) is 88.3 Å². The van der Waals surface area contributed by atoms with Crippen LogP contribution in [0.1, 0.15) is 5.56 Å². The number of hydrogen-bond acceptors (Lipinski definition) is 6. The van der Waals surface area contributed by atoms with Crippen LogP contribution in [0.15, 0.2) is 77.7 Å². The van der Waals surface area contributed by atoms with Crippen LogP contribution in [0.4, 0.5) is 5.69 Å². The van der Waals surface area contributed by atoms with E-state index < -0.39 is 0 Å². The van der Waals surface area contributed by atoms with Crippen molar-refractivity contribution in [1.29, 1.82) is 0 Å². The van der Waals surface area contributed by atoms with Gasteiger partial charge in [0.15, 0.2) is 4.32 Å². The molecule has 1 saturated heterocycles. The van der Waals surface area contributed by atoms with Crippen molar-refractivity contribution in [3.63, 3.8) is 0 Å². The molecule has 3 aromatic carbocycles. The van der Waals surface area contributed by atoms with Crippen molar-refractivity contribution in [1.82, 2.24) is 0 Å². The first kappa shape index (κ1) is 23.2. The molecular weight excluding hydrogens is 478 g/mol. The van der Waals surface area contributed by atoms with Gasteiger partial charge in [0.2, 0.25) is 0 Å². The maximum atomic E-state index is 12.9. The van der Waals surface area contributed by atoms with E-state index in [2.05, 4.69) is 0 Å². The van der Waals surface area contributed by atoms with E-state index >= 15 is 0 Å². The van der Waals surface area contributed by atoms with E-state index in [9.17, 15) is 4.79 Å². The van der Waals surface area contributed by atoms with Gasteiger partial charge in [0.1, 0.15) is 30.5 Å². The fourth-order valence-electron chi connectivity index (χ4n) is 3.11. The molecule has 1 heterocycles. The first-order valence-electron chi connectivity index (χ1n) is 10.1. The Morgan fingerprint density at radius 3 is 2.15 bits per heavy atom. The Hall–Kier alpha value is -3.00. The number of hydrogen-bond donors (Lipinski definition) is 0. The van der Waals surface area contributed by atoms with Crippen molar-refractivity contribution < 1.29 is 19.0 Å². The van der Waals surface area contributed by atoms with Gasteiger partial charge in [-0.25, -0.2) is 0 Å². The third-order valence-corrected chi connectivity index (χ3v) is 6.26. The van der Waals surface area contributed by atoms with Gasteiger partial charge in [-0.1, -0.05) is 53.8 Å². The molecule has 0 atom stereocenters. The van der Waals surface area contributed by atoms with Crippen LogP contribution in [0.5, 0.6) is 17.2 Å². The Morgan fingerprint density at radius 2 is 1.55 bits per heavy atom. The summed E-state index contributed by atoms with van der Waals surface area (Å²) in [7, 11) is 1.63. The zero-order valence-electron chi connectivity index (χ0n) is 17.7. The molecule has 0 aromatic heterocycles. The lowest BCUT2D eigenvalue weighted by atomic mass is 10.2. The number of methoxy groups -OCH3 is 1. The molecule has 0 saturated carbocycles. The van der Waals surface area contributed by atoms with E-state index in [1.54, 1.807) is 25.3 Å². The van der Waals surface area contributed by atoms with E-state index in [1.807, 2.05) is 60.7 Å². The summed E-state index contributed by atoms with van der Waals surface area (Å²) in [5.41, 5.74) is 1.54. The molecule has 1 amide bonds. The standard InChI is InChI=1S/C25H20ClNO4S2/c1-29-20-9-11-22(12-10-20)31-14-13-30-21-7-5-17(6-8-21)15-23-24(28)27(25(32)33-23)19-4-2-3-18(26)16-19/h2-12,15-16H,13-14H2,1H3. The Kier molecular flexibility index (Phi) is 7.54. The minimum atomic E-state index is -0.164. The molecule has 1 aliphatic heterocycles. The average Bonchev–Trinajstić information content (AvgIpc) is 3.10. The summed E-state index contributed by atoms with van der Waals surface area (Å²) in [6.45, 7) is 0.823. The second-order valence-corrected chi connectivity index (χ2v) is 9.05. The summed E-state index contributed by atoms with van der Waals surface area (Å²) in [5.74, 6) is 2.09. The number of nitrogens with zero attached hydrogens (tertiary/aromatic N) is 1. The predicted octanol–water partition coefficient (Wildman–Crippen LogP) is 6.21. The van der Waals surface area contributed by atoms with E-state index in [4.69, 9.17) is 38.0 Å². The summed E-state index contributed by atoms with van der Waals surface area (Å²) in [5, 5.41) is 0.551. The van der Waals surface area contributed by atoms with Crippen LogP contribution in [0.25, 0.3) is 6.08 Å². The second-order valence-electron chi connectivity index (χ2n) is 6.94. The third kappa shape index (κ3) is 5.87. The smallest absolute Gasteiger partial charge is 0.270 e. The number of benzene rings is 3. The zero-order chi connectivity index (χ0) is 23.2. The number of halogens is 1. The van der Waals surface area contributed by atoms with Crippen LogP contribution in [0.3, 0.4) is 0 Å². The molecule has 0 N–H and O–H groups in total. The highest BCUT2D eigenvalue weighted by molar-refractivity contribution is 8.27. The van der Waals surface area contributed by atoms with E-state index in [0.717, 1.165) is 22.8 Å². The number of thioether (sulfide) groups is 1. The van der Waals surface area contributed by atoms with E-state index in [1.165, 1.54) is 16.7 Å².